The molecule has 2 rings (SSSR count). The smallest absolute Gasteiger partial charge is 0.304 e. The molecule has 0 aliphatic heterocycles. The van der Waals surface area contributed by atoms with Crippen LogP contribution in [0.25, 0.3) is 0 Å². The van der Waals surface area contributed by atoms with Gasteiger partial charge in [-0.25, -0.2) is 0 Å². The van der Waals surface area contributed by atoms with Crippen molar-refractivity contribution in [3.8, 4) is 0 Å². The highest BCUT2D eigenvalue weighted by Gasteiger charge is 2.11. The summed E-state index contributed by atoms with van der Waals surface area (Å²) in [6.45, 7) is 0.219. The Morgan fingerprint density at radius 1 is 1.37 bits per heavy atom. The van der Waals surface area contributed by atoms with E-state index in [2.05, 4.69) is 10.3 Å². The molecule has 0 aliphatic rings. The molecule has 0 saturated heterocycles. The van der Waals surface area contributed by atoms with Crippen molar-refractivity contribution in [3.05, 3.63) is 48.5 Å². The number of aromatic amines is 1. The molecule has 100 valence electrons. The summed E-state index contributed by atoms with van der Waals surface area (Å²) >= 11 is 12.7. The first-order chi connectivity index (χ1) is 8.97. The lowest BCUT2D eigenvalue weighted by Gasteiger charge is -2.07. The molecule has 8 heteroatoms. The Hall–Kier alpha value is -1.50. The third-order valence-corrected chi connectivity index (χ3v) is 3.70. The van der Waals surface area contributed by atoms with Crippen LogP contribution in [-0.2, 0) is 6.54 Å². The van der Waals surface area contributed by atoms with E-state index >= 15 is 0 Å². The van der Waals surface area contributed by atoms with Crippen molar-refractivity contribution in [3.63, 3.8) is 0 Å². The van der Waals surface area contributed by atoms with E-state index < -0.39 is 0 Å². The van der Waals surface area contributed by atoms with Crippen LogP contribution in [0.4, 0.5) is 5.69 Å². The number of nitrogens with one attached hydrogen (secondary N) is 2. The van der Waals surface area contributed by atoms with Crippen molar-refractivity contribution in [1.82, 2.24) is 10.3 Å². The lowest BCUT2D eigenvalue weighted by molar-refractivity contribution is 0.0950. The molecule has 0 aliphatic carbocycles. The molecule has 0 unspecified atom stereocenters. The van der Waals surface area contributed by atoms with Crippen LogP contribution in [0.5, 0.6) is 0 Å². The number of benzene rings is 1. The summed E-state index contributed by atoms with van der Waals surface area (Å²) in [6, 6.07) is 2.88. The van der Waals surface area contributed by atoms with E-state index in [9.17, 15) is 9.59 Å². The molecule has 0 atom stereocenters. The number of thiazole rings is 1. The average molecular weight is 318 g/mol. The van der Waals surface area contributed by atoms with Crippen LogP contribution in [0.15, 0.2) is 22.3 Å². The summed E-state index contributed by atoms with van der Waals surface area (Å²) in [6.07, 6.45) is 0. The second-order valence-corrected chi connectivity index (χ2v) is 5.37. The van der Waals surface area contributed by atoms with Crippen LogP contribution in [0, 0.1) is 0 Å². The van der Waals surface area contributed by atoms with Gasteiger partial charge in [-0.1, -0.05) is 34.5 Å². The topological polar surface area (TPSA) is 88.0 Å². The first-order valence-electron chi connectivity index (χ1n) is 5.17. The fourth-order valence-corrected chi connectivity index (χ4v) is 2.46. The van der Waals surface area contributed by atoms with Crippen molar-refractivity contribution >= 4 is 46.1 Å². The first-order valence-corrected chi connectivity index (χ1v) is 6.80. The minimum Gasteiger partial charge on any atom is -0.396 e. The molecular formula is C11H9Cl2N3O2S. The van der Waals surface area contributed by atoms with Gasteiger partial charge in [0.2, 0.25) is 0 Å². The Morgan fingerprint density at radius 2 is 2.00 bits per heavy atom. The average Bonchev–Trinajstić information content (AvgIpc) is 2.78. The molecule has 19 heavy (non-hydrogen) atoms. The maximum absolute atomic E-state index is 11.9. The van der Waals surface area contributed by atoms with Crippen LogP contribution >= 0.6 is 34.5 Å². The highest BCUT2D eigenvalue weighted by molar-refractivity contribution is 7.07. The molecule has 0 saturated carbocycles. The zero-order chi connectivity index (χ0) is 14.0. The Bertz CT molecular complexity index is 658. The van der Waals surface area contributed by atoms with Gasteiger partial charge in [0.15, 0.2) is 0 Å². The largest absolute Gasteiger partial charge is 0.396 e. The Labute approximate surface area is 122 Å². The Kier molecular flexibility index (Phi) is 4.14. The lowest BCUT2D eigenvalue weighted by Crippen LogP contribution is -2.23. The summed E-state index contributed by atoms with van der Waals surface area (Å²) in [5, 5.41) is 4.73. The van der Waals surface area contributed by atoms with Crippen LogP contribution in [-0.4, -0.2) is 10.9 Å². The number of carbonyl (C=O) groups is 1. The van der Waals surface area contributed by atoms with Crippen LogP contribution in [0.3, 0.4) is 0 Å². The number of hydrogen-bond donors (Lipinski definition) is 3. The molecule has 2 aromatic rings. The van der Waals surface area contributed by atoms with E-state index in [0.29, 0.717) is 11.3 Å². The number of nitrogen functional groups attached to an aromatic ring is 1. The summed E-state index contributed by atoms with van der Waals surface area (Å²) < 4.78 is 0. The second-order valence-electron chi connectivity index (χ2n) is 3.71. The van der Waals surface area contributed by atoms with Gasteiger partial charge in [0.25, 0.3) is 5.91 Å². The maximum atomic E-state index is 11.9. The lowest BCUT2D eigenvalue weighted by atomic mass is 10.2. The summed E-state index contributed by atoms with van der Waals surface area (Å²) in [5.74, 6) is -0.351. The number of nitrogens with two attached hydrogens (primary N) is 1. The number of carbonyl (C=O) groups excluding carboxylic acids is 1. The molecule has 1 aromatic carbocycles. The monoisotopic (exact) mass is 317 g/mol. The zero-order valence-electron chi connectivity index (χ0n) is 9.50. The number of H-pyrrole nitrogens is 1. The van der Waals surface area contributed by atoms with Gasteiger partial charge in [0.05, 0.1) is 22.3 Å². The number of hydrogen-bond acceptors (Lipinski definition) is 4. The summed E-state index contributed by atoms with van der Waals surface area (Å²) in [5.41, 5.74) is 6.77. The molecule has 4 N–H and O–H groups in total. The van der Waals surface area contributed by atoms with Gasteiger partial charge < -0.3 is 16.0 Å². The van der Waals surface area contributed by atoms with Crippen LogP contribution < -0.4 is 15.9 Å². The van der Waals surface area contributed by atoms with E-state index in [4.69, 9.17) is 28.9 Å². The van der Waals surface area contributed by atoms with E-state index in [1.807, 2.05) is 0 Å². The predicted octanol–water partition coefficient (Wildman–Crippen LogP) is 2.26. The molecular weight excluding hydrogens is 309 g/mol. The number of aromatic nitrogens is 1. The minimum atomic E-state index is -0.351. The van der Waals surface area contributed by atoms with Crippen LogP contribution in [0.1, 0.15) is 16.1 Å². The fraction of sp³-hybridized carbons (Fsp3) is 0.0909. The molecule has 0 spiro atoms. The number of rotatable bonds is 3. The van der Waals surface area contributed by atoms with Crippen molar-refractivity contribution in [1.29, 1.82) is 0 Å². The number of halogens is 2. The van der Waals surface area contributed by atoms with Crippen LogP contribution in [0.2, 0.25) is 10.0 Å². The molecule has 0 fully saturated rings. The fourth-order valence-electron chi connectivity index (χ4n) is 1.39. The summed E-state index contributed by atoms with van der Waals surface area (Å²) in [4.78, 5) is 25.2. The van der Waals surface area contributed by atoms with Crippen molar-refractivity contribution < 1.29 is 4.79 Å². The minimum absolute atomic E-state index is 0.164. The highest BCUT2D eigenvalue weighted by Crippen LogP contribution is 2.28. The summed E-state index contributed by atoms with van der Waals surface area (Å²) in [7, 11) is 0. The van der Waals surface area contributed by atoms with Gasteiger partial charge in [-0.3, -0.25) is 9.59 Å². The van der Waals surface area contributed by atoms with E-state index in [1.165, 1.54) is 12.1 Å². The molecule has 1 amide bonds. The quantitative estimate of drug-likeness (QED) is 0.759. The molecule has 1 aromatic heterocycles. The van der Waals surface area contributed by atoms with Crippen molar-refractivity contribution in [2.45, 2.75) is 6.54 Å². The predicted molar refractivity (Wildman–Crippen MR) is 77.0 cm³/mol. The Balaban J connectivity index is 2.10. The normalized spacial score (nSPS) is 10.4. The van der Waals surface area contributed by atoms with E-state index in [-0.39, 0.29) is 33.1 Å². The van der Waals surface area contributed by atoms with Gasteiger partial charge in [-0.05, 0) is 12.1 Å². The molecule has 5 nitrogen and oxygen atoms in total. The number of amides is 1. The SMILES string of the molecule is Nc1c(Cl)cc(C(=O)NCc2csc(=O)[nH]2)cc1Cl. The molecule has 0 radical (unpaired) electrons. The number of anilines is 1. The maximum Gasteiger partial charge on any atom is 0.304 e. The second kappa shape index (κ2) is 5.64. The Morgan fingerprint density at radius 3 is 2.53 bits per heavy atom. The van der Waals surface area contributed by atoms with Gasteiger partial charge in [-0.2, -0.15) is 0 Å². The van der Waals surface area contributed by atoms with Gasteiger partial charge in [0, 0.05) is 16.6 Å². The van der Waals surface area contributed by atoms with Crippen molar-refractivity contribution in [2.24, 2.45) is 0 Å². The first kappa shape index (κ1) is 13.9. The molecule has 0 bridgehead atoms. The van der Waals surface area contributed by atoms with Crippen molar-refractivity contribution in [2.75, 3.05) is 5.73 Å². The van der Waals surface area contributed by atoms with Gasteiger partial charge in [-0.15, -0.1) is 0 Å². The zero-order valence-corrected chi connectivity index (χ0v) is 11.8. The standard InChI is InChI=1S/C11H9Cl2N3O2S/c12-7-1-5(2-8(13)9(7)14)10(17)15-3-6-4-19-11(18)16-6/h1-2,4H,3,14H2,(H,15,17)(H,16,18). The van der Waals surface area contributed by atoms with Gasteiger partial charge in [0.1, 0.15) is 0 Å². The van der Waals surface area contributed by atoms with Gasteiger partial charge >= 0.3 is 4.87 Å². The molecule has 1 heterocycles. The third-order valence-electron chi connectivity index (χ3n) is 2.35. The van der Waals surface area contributed by atoms with E-state index in [1.54, 1.807) is 5.38 Å². The highest BCUT2D eigenvalue weighted by atomic mass is 35.5. The third kappa shape index (κ3) is 3.28. The van der Waals surface area contributed by atoms with E-state index in [0.717, 1.165) is 11.3 Å².